The minimum absolute atomic E-state index is 0.343. The number of carbonyl (C=O) groups is 1. The molecule has 2 heterocycles. The fourth-order valence-electron chi connectivity index (χ4n) is 3.63. The molecule has 0 aliphatic carbocycles. The molecule has 14 heteroatoms. The summed E-state index contributed by atoms with van der Waals surface area (Å²) in [6, 6.07) is 2.40. The van der Waals surface area contributed by atoms with Crippen LogP contribution in [0.25, 0.3) is 5.69 Å². The van der Waals surface area contributed by atoms with Gasteiger partial charge in [0.05, 0.1) is 11.3 Å². The summed E-state index contributed by atoms with van der Waals surface area (Å²) in [4.78, 5) is 25.6. The quantitative estimate of drug-likeness (QED) is 0.368. The number of hydrogen-bond acceptors (Lipinski definition) is 4. The van der Waals surface area contributed by atoms with Gasteiger partial charge in [-0.2, -0.15) is 17.9 Å². The summed E-state index contributed by atoms with van der Waals surface area (Å²) in [5, 5.41) is 5.43. The van der Waals surface area contributed by atoms with Crippen LogP contribution in [-0.2, 0) is 13.0 Å². The Labute approximate surface area is 204 Å². The maximum Gasteiger partial charge on any atom is 0.425 e. The van der Waals surface area contributed by atoms with Crippen LogP contribution in [0.1, 0.15) is 35.9 Å². The summed E-state index contributed by atoms with van der Waals surface area (Å²) in [6.45, 7) is 1.00. The zero-order chi connectivity index (χ0) is 26.4. The third-order valence-corrected chi connectivity index (χ3v) is 5.88. The number of fused-ring (bicyclic) bond motifs is 1. The van der Waals surface area contributed by atoms with Crippen molar-refractivity contribution in [2.45, 2.75) is 45.0 Å². The lowest BCUT2D eigenvalue weighted by molar-refractivity contribution is -0.189. The largest absolute Gasteiger partial charge is 0.480 e. The fraction of sp³-hybridized carbons (Fsp3) is 0.318. The van der Waals surface area contributed by atoms with Crippen LogP contribution >= 0.6 is 11.6 Å². The van der Waals surface area contributed by atoms with E-state index in [1.54, 1.807) is 0 Å². The van der Waals surface area contributed by atoms with Crippen molar-refractivity contribution < 1.29 is 35.9 Å². The molecule has 0 radical (unpaired) electrons. The molecule has 2 aromatic carbocycles. The van der Waals surface area contributed by atoms with Gasteiger partial charge in [0.1, 0.15) is 39.7 Å². The Balaban J connectivity index is 1.80. The van der Waals surface area contributed by atoms with Gasteiger partial charge in [-0.1, -0.05) is 11.6 Å². The summed E-state index contributed by atoms with van der Waals surface area (Å²) in [5.41, 5.74) is -2.54. The number of aromatic nitrogens is 3. The molecule has 1 atom stereocenters. The Kier molecular flexibility index (Phi) is 6.78. The summed E-state index contributed by atoms with van der Waals surface area (Å²) in [7, 11) is 0. The average molecular weight is 535 g/mol. The van der Waals surface area contributed by atoms with Gasteiger partial charge in [-0.25, -0.2) is 18.0 Å². The fourth-order valence-corrected chi connectivity index (χ4v) is 3.79. The maximum atomic E-state index is 15.1. The highest BCUT2D eigenvalue weighted by atomic mass is 35.5. The molecule has 3 aromatic rings. The van der Waals surface area contributed by atoms with E-state index >= 15 is 4.39 Å². The maximum absolute atomic E-state index is 15.1. The van der Waals surface area contributed by atoms with Crippen LogP contribution in [0.4, 0.5) is 32.0 Å². The molecule has 0 fully saturated rings. The number of rotatable bonds is 5. The number of anilines is 1. The molecule has 0 bridgehead atoms. The van der Waals surface area contributed by atoms with Gasteiger partial charge in [-0.05, 0) is 31.9 Å². The molecule has 1 aliphatic heterocycles. The Morgan fingerprint density at radius 3 is 2.53 bits per heavy atom. The van der Waals surface area contributed by atoms with Gasteiger partial charge in [0, 0.05) is 25.1 Å². The SMILES string of the molecule is C[C@H](Oc1cc(-n2nc3n(c2=O)CCCC3)c(F)cc1C(=O)Nc1cc(F)cc(F)c1Cl)C(F)(F)F. The molecular weight excluding hydrogens is 518 g/mol. The molecule has 0 saturated carbocycles. The van der Waals surface area contributed by atoms with Crippen molar-refractivity contribution in [3.05, 3.63) is 68.6 Å². The second kappa shape index (κ2) is 9.52. The van der Waals surface area contributed by atoms with Crippen LogP contribution in [0.15, 0.2) is 29.1 Å². The highest BCUT2D eigenvalue weighted by molar-refractivity contribution is 6.34. The van der Waals surface area contributed by atoms with Crippen LogP contribution in [0.2, 0.25) is 5.02 Å². The molecule has 1 amide bonds. The zero-order valence-corrected chi connectivity index (χ0v) is 19.2. The molecule has 0 spiro atoms. The molecule has 1 aromatic heterocycles. The number of carbonyl (C=O) groups excluding carboxylic acids is 1. The van der Waals surface area contributed by atoms with Gasteiger partial charge in [0.2, 0.25) is 0 Å². The summed E-state index contributed by atoms with van der Waals surface area (Å²) in [6.07, 6.45) is -5.41. The normalized spacial score (nSPS) is 14.3. The van der Waals surface area contributed by atoms with Crippen molar-refractivity contribution in [3.63, 3.8) is 0 Å². The van der Waals surface area contributed by atoms with Crippen LogP contribution in [0.5, 0.6) is 5.75 Å². The third-order valence-electron chi connectivity index (χ3n) is 5.50. The molecule has 36 heavy (non-hydrogen) atoms. The van der Waals surface area contributed by atoms with Gasteiger partial charge in [0.15, 0.2) is 6.10 Å². The van der Waals surface area contributed by atoms with E-state index in [4.69, 9.17) is 16.3 Å². The Morgan fingerprint density at radius 1 is 1.14 bits per heavy atom. The van der Waals surface area contributed by atoms with Crippen LogP contribution in [0.3, 0.4) is 0 Å². The van der Waals surface area contributed by atoms with Crippen molar-refractivity contribution in [2.75, 3.05) is 5.32 Å². The molecule has 0 unspecified atom stereocenters. The molecule has 4 rings (SSSR count). The first kappa shape index (κ1) is 25.6. The first-order valence-electron chi connectivity index (χ1n) is 10.6. The van der Waals surface area contributed by atoms with Gasteiger partial charge >= 0.3 is 11.9 Å². The van der Waals surface area contributed by atoms with Crippen molar-refractivity contribution in [1.29, 1.82) is 0 Å². The lowest BCUT2D eigenvalue weighted by Crippen LogP contribution is -2.32. The number of nitrogens with zero attached hydrogens (tertiary/aromatic N) is 3. The Hall–Kier alpha value is -3.48. The van der Waals surface area contributed by atoms with Crippen LogP contribution in [0, 0.1) is 17.5 Å². The highest BCUT2D eigenvalue weighted by Crippen LogP contribution is 2.32. The van der Waals surface area contributed by atoms with Crippen LogP contribution < -0.4 is 15.7 Å². The monoisotopic (exact) mass is 534 g/mol. The minimum atomic E-state index is -4.86. The van der Waals surface area contributed by atoms with Gasteiger partial charge in [-0.15, -0.1) is 5.10 Å². The summed E-state index contributed by atoms with van der Waals surface area (Å²) >= 11 is 5.73. The lowest BCUT2D eigenvalue weighted by atomic mass is 10.1. The van der Waals surface area contributed by atoms with Crippen molar-refractivity contribution in [1.82, 2.24) is 14.3 Å². The first-order valence-corrected chi connectivity index (χ1v) is 11.0. The topological polar surface area (TPSA) is 78.2 Å². The molecule has 192 valence electrons. The molecule has 1 N–H and O–H groups in total. The van der Waals surface area contributed by atoms with E-state index < -0.39 is 69.0 Å². The second-order valence-corrected chi connectivity index (χ2v) is 8.40. The first-order chi connectivity index (χ1) is 16.9. The number of amides is 1. The van der Waals surface area contributed by atoms with Crippen molar-refractivity contribution in [2.24, 2.45) is 0 Å². The predicted molar refractivity (Wildman–Crippen MR) is 116 cm³/mol. The van der Waals surface area contributed by atoms with E-state index in [0.717, 1.165) is 12.5 Å². The average Bonchev–Trinajstić information content (AvgIpc) is 3.13. The zero-order valence-electron chi connectivity index (χ0n) is 18.4. The van der Waals surface area contributed by atoms with Crippen LogP contribution in [-0.4, -0.2) is 32.5 Å². The number of benzene rings is 2. The van der Waals surface area contributed by atoms with E-state index in [2.05, 4.69) is 5.10 Å². The number of aryl methyl sites for hydroxylation is 1. The smallest absolute Gasteiger partial charge is 0.425 e. The predicted octanol–water partition coefficient (Wildman–Crippen LogP) is 5.02. The molecule has 0 saturated heterocycles. The van der Waals surface area contributed by atoms with Gasteiger partial charge in [0.25, 0.3) is 5.91 Å². The van der Waals surface area contributed by atoms with Crippen molar-refractivity contribution >= 4 is 23.2 Å². The van der Waals surface area contributed by atoms with E-state index in [1.807, 2.05) is 5.32 Å². The van der Waals surface area contributed by atoms with E-state index in [1.165, 1.54) is 4.57 Å². The number of ether oxygens (including phenoxy) is 1. The van der Waals surface area contributed by atoms with E-state index in [0.29, 0.717) is 55.0 Å². The number of halogens is 7. The standard InChI is InChI=1S/C22H17ClF6N4O3/c1-10(22(27,28)29)36-17-9-16(33-21(35)32-5-3-2-4-18(32)31-33)13(25)8-12(17)20(34)30-15-7-11(24)6-14(26)19(15)23/h6-10H,2-5H2,1H3,(H,30,34)/t10-/m0/s1. The number of hydrogen-bond donors (Lipinski definition) is 1. The van der Waals surface area contributed by atoms with Gasteiger partial charge < -0.3 is 10.1 Å². The Bertz CT molecular complexity index is 1400. The third kappa shape index (κ3) is 4.92. The molecular formula is C22H17ClF6N4O3. The highest BCUT2D eigenvalue weighted by Gasteiger charge is 2.39. The lowest BCUT2D eigenvalue weighted by Gasteiger charge is -2.20. The molecule has 1 aliphatic rings. The second-order valence-electron chi connectivity index (χ2n) is 8.02. The van der Waals surface area contributed by atoms with Crippen molar-refractivity contribution in [3.8, 4) is 11.4 Å². The summed E-state index contributed by atoms with van der Waals surface area (Å²) < 4.78 is 89.0. The molecule has 7 nitrogen and oxygen atoms in total. The summed E-state index contributed by atoms with van der Waals surface area (Å²) in [5.74, 6) is -5.13. The number of nitrogens with one attached hydrogen (secondary N) is 1. The van der Waals surface area contributed by atoms with E-state index in [-0.39, 0.29) is 0 Å². The van der Waals surface area contributed by atoms with E-state index in [9.17, 15) is 31.5 Å². The number of alkyl halides is 3. The minimum Gasteiger partial charge on any atom is -0.480 e. The van der Waals surface area contributed by atoms with Gasteiger partial charge in [-0.3, -0.25) is 9.36 Å². The Morgan fingerprint density at radius 2 is 1.86 bits per heavy atom.